The van der Waals surface area contributed by atoms with E-state index in [0.717, 1.165) is 18.9 Å². The number of rotatable bonds is 8. The van der Waals surface area contributed by atoms with Gasteiger partial charge in [-0.1, -0.05) is 37.2 Å². The van der Waals surface area contributed by atoms with E-state index in [4.69, 9.17) is 11.6 Å². The van der Waals surface area contributed by atoms with Crippen LogP contribution in [0.25, 0.3) is 0 Å². The van der Waals surface area contributed by atoms with Gasteiger partial charge in [0.15, 0.2) is 5.16 Å². The van der Waals surface area contributed by atoms with E-state index in [9.17, 15) is 4.79 Å². The summed E-state index contributed by atoms with van der Waals surface area (Å²) >= 11 is 7.36. The van der Waals surface area contributed by atoms with Gasteiger partial charge in [0, 0.05) is 25.2 Å². The summed E-state index contributed by atoms with van der Waals surface area (Å²) in [6.45, 7) is 12.0. The van der Waals surface area contributed by atoms with Gasteiger partial charge in [0.05, 0.1) is 5.75 Å². The Bertz CT molecular complexity index is 494. The van der Waals surface area contributed by atoms with Crippen molar-refractivity contribution >= 4 is 35.1 Å². The summed E-state index contributed by atoms with van der Waals surface area (Å²) in [4.78, 5) is 22.7. The van der Waals surface area contributed by atoms with E-state index < -0.39 is 0 Å². The Balaban J connectivity index is 2.68. The number of carbonyl (C=O) groups excluding carboxylic acids is 1. The van der Waals surface area contributed by atoms with Gasteiger partial charge in [-0.3, -0.25) is 4.79 Å². The van der Waals surface area contributed by atoms with Crippen LogP contribution >= 0.6 is 23.4 Å². The van der Waals surface area contributed by atoms with Crippen LogP contribution in [0.2, 0.25) is 5.15 Å². The van der Waals surface area contributed by atoms with Crippen molar-refractivity contribution in [1.29, 1.82) is 0 Å². The molecule has 5 nitrogen and oxygen atoms in total. The number of anilines is 1. The molecule has 1 N–H and O–H groups in total. The first-order valence-corrected chi connectivity index (χ1v) is 8.95. The number of nitrogens with zero attached hydrogens (tertiary/aromatic N) is 3. The SMILES string of the molecule is CCN(CC)c1cc(Cl)nc(SCC(=O)NC(C)C(C)C)n1. The normalized spacial score (nSPS) is 12.3. The van der Waals surface area contributed by atoms with E-state index in [1.807, 2.05) is 6.92 Å². The zero-order valence-electron chi connectivity index (χ0n) is 13.9. The van der Waals surface area contributed by atoms with Gasteiger partial charge in [-0.15, -0.1) is 0 Å². The fraction of sp³-hybridized carbons (Fsp3) is 0.667. The van der Waals surface area contributed by atoms with Gasteiger partial charge in [-0.05, 0) is 26.7 Å². The molecule has 7 heteroatoms. The first-order chi connectivity index (χ1) is 10.4. The molecule has 0 aliphatic rings. The summed E-state index contributed by atoms with van der Waals surface area (Å²) in [6, 6.07) is 1.90. The van der Waals surface area contributed by atoms with E-state index in [1.54, 1.807) is 6.07 Å². The van der Waals surface area contributed by atoms with E-state index in [-0.39, 0.29) is 17.7 Å². The van der Waals surface area contributed by atoms with Crippen LogP contribution < -0.4 is 10.2 Å². The minimum Gasteiger partial charge on any atom is -0.357 e. The zero-order chi connectivity index (χ0) is 16.7. The Morgan fingerprint density at radius 3 is 2.50 bits per heavy atom. The lowest BCUT2D eigenvalue weighted by molar-refractivity contribution is -0.119. The highest BCUT2D eigenvalue weighted by Gasteiger charge is 2.13. The number of hydrogen-bond donors (Lipinski definition) is 1. The smallest absolute Gasteiger partial charge is 0.230 e. The van der Waals surface area contributed by atoms with Crippen LogP contribution in [-0.2, 0) is 4.79 Å². The average Bonchev–Trinajstić information content (AvgIpc) is 2.46. The Kier molecular flexibility index (Phi) is 7.96. The minimum atomic E-state index is -0.0147. The number of amides is 1. The Morgan fingerprint density at radius 1 is 1.32 bits per heavy atom. The van der Waals surface area contributed by atoms with Gasteiger partial charge in [-0.2, -0.15) is 0 Å². The van der Waals surface area contributed by atoms with Crippen LogP contribution in [0.1, 0.15) is 34.6 Å². The standard InChI is InChI=1S/C15H25ClN4OS/c1-6-20(7-2)13-8-12(16)18-15(19-13)22-9-14(21)17-11(5)10(3)4/h8,10-11H,6-7,9H2,1-5H3,(H,17,21). The Hall–Kier alpha value is -1.01. The van der Waals surface area contributed by atoms with Crippen molar-refractivity contribution in [3.05, 3.63) is 11.2 Å². The molecule has 0 bridgehead atoms. The van der Waals surface area contributed by atoms with E-state index in [2.05, 4.69) is 47.9 Å². The highest BCUT2D eigenvalue weighted by Crippen LogP contribution is 2.21. The van der Waals surface area contributed by atoms with Gasteiger partial charge >= 0.3 is 0 Å². The molecule has 1 atom stereocenters. The molecule has 1 rings (SSSR count). The molecule has 0 spiro atoms. The summed E-state index contributed by atoms with van der Waals surface area (Å²) < 4.78 is 0. The fourth-order valence-electron chi connectivity index (χ4n) is 1.75. The highest BCUT2D eigenvalue weighted by atomic mass is 35.5. The molecule has 0 aliphatic heterocycles. The number of carbonyl (C=O) groups is 1. The third-order valence-electron chi connectivity index (χ3n) is 3.47. The molecule has 1 aromatic heterocycles. The maximum Gasteiger partial charge on any atom is 0.230 e. The quantitative estimate of drug-likeness (QED) is 0.445. The lowest BCUT2D eigenvalue weighted by Gasteiger charge is -2.20. The van der Waals surface area contributed by atoms with Crippen molar-refractivity contribution in [1.82, 2.24) is 15.3 Å². The summed E-state index contributed by atoms with van der Waals surface area (Å²) in [6.07, 6.45) is 0. The summed E-state index contributed by atoms with van der Waals surface area (Å²) in [7, 11) is 0. The largest absolute Gasteiger partial charge is 0.357 e. The van der Waals surface area contributed by atoms with E-state index >= 15 is 0 Å². The van der Waals surface area contributed by atoms with E-state index in [0.29, 0.717) is 16.2 Å². The van der Waals surface area contributed by atoms with Crippen molar-refractivity contribution in [2.45, 2.75) is 45.8 Å². The summed E-state index contributed by atoms with van der Waals surface area (Å²) in [5.74, 6) is 1.48. The molecule has 22 heavy (non-hydrogen) atoms. The minimum absolute atomic E-state index is 0.0147. The summed E-state index contributed by atoms with van der Waals surface area (Å²) in [5.41, 5.74) is 0. The number of hydrogen-bond acceptors (Lipinski definition) is 5. The molecular weight excluding hydrogens is 320 g/mol. The molecule has 124 valence electrons. The van der Waals surface area contributed by atoms with Crippen LogP contribution in [0.15, 0.2) is 11.2 Å². The van der Waals surface area contributed by atoms with Crippen molar-refractivity contribution in [2.75, 3.05) is 23.7 Å². The number of thioether (sulfide) groups is 1. The first-order valence-electron chi connectivity index (χ1n) is 7.59. The van der Waals surface area contributed by atoms with E-state index in [1.165, 1.54) is 11.8 Å². The zero-order valence-corrected chi connectivity index (χ0v) is 15.5. The average molecular weight is 345 g/mol. The molecule has 0 radical (unpaired) electrons. The molecule has 1 unspecified atom stereocenters. The topological polar surface area (TPSA) is 58.1 Å². The van der Waals surface area contributed by atoms with Gasteiger partial charge in [0.2, 0.25) is 5.91 Å². The number of nitrogens with one attached hydrogen (secondary N) is 1. The van der Waals surface area contributed by atoms with Gasteiger partial charge in [0.25, 0.3) is 0 Å². The van der Waals surface area contributed by atoms with Gasteiger partial charge in [0.1, 0.15) is 11.0 Å². The monoisotopic (exact) mass is 344 g/mol. The number of aromatic nitrogens is 2. The van der Waals surface area contributed by atoms with Crippen molar-refractivity contribution < 1.29 is 4.79 Å². The van der Waals surface area contributed by atoms with Crippen LogP contribution in [-0.4, -0.2) is 40.8 Å². The summed E-state index contributed by atoms with van der Waals surface area (Å²) in [5, 5.41) is 3.89. The van der Waals surface area contributed by atoms with Crippen LogP contribution in [0, 0.1) is 5.92 Å². The van der Waals surface area contributed by atoms with Gasteiger partial charge in [-0.25, -0.2) is 9.97 Å². The molecule has 0 saturated carbocycles. The van der Waals surface area contributed by atoms with Crippen molar-refractivity contribution in [3.63, 3.8) is 0 Å². The second-order valence-corrected chi connectivity index (χ2v) is 6.72. The fourth-order valence-corrected chi connectivity index (χ4v) is 2.64. The molecule has 0 aliphatic carbocycles. The van der Waals surface area contributed by atoms with Crippen LogP contribution in [0.3, 0.4) is 0 Å². The van der Waals surface area contributed by atoms with Crippen LogP contribution in [0.5, 0.6) is 0 Å². The van der Waals surface area contributed by atoms with Crippen molar-refractivity contribution in [2.24, 2.45) is 5.92 Å². The predicted molar refractivity (Wildman–Crippen MR) is 93.8 cm³/mol. The molecule has 1 amide bonds. The molecule has 0 fully saturated rings. The number of halogens is 1. The molecule has 1 heterocycles. The molecule has 1 aromatic rings. The lowest BCUT2D eigenvalue weighted by Crippen LogP contribution is -2.37. The van der Waals surface area contributed by atoms with Crippen molar-refractivity contribution in [3.8, 4) is 0 Å². The third kappa shape index (κ3) is 6.01. The first kappa shape index (κ1) is 19.0. The lowest BCUT2D eigenvalue weighted by atomic mass is 10.1. The molecule has 0 aromatic carbocycles. The second kappa shape index (κ2) is 9.20. The third-order valence-corrected chi connectivity index (χ3v) is 4.51. The van der Waals surface area contributed by atoms with Gasteiger partial charge < -0.3 is 10.2 Å². The molecule has 0 saturated heterocycles. The maximum atomic E-state index is 11.9. The van der Waals surface area contributed by atoms with Crippen LogP contribution in [0.4, 0.5) is 5.82 Å². The maximum absolute atomic E-state index is 11.9. The second-order valence-electron chi connectivity index (χ2n) is 5.39. The molecular formula is C15H25ClN4OS. The highest BCUT2D eigenvalue weighted by molar-refractivity contribution is 7.99. The predicted octanol–water partition coefficient (Wildman–Crippen LogP) is 3.23. The Morgan fingerprint density at radius 2 is 1.95 bits per heavy atom. The Labute approximate surface area is 142 Å².